The van der Waals surface area contributed by atoms with Gasteiger partial charge in [-0.3, -0.25) is 0 Å². The lowest BCUT2D eigenvalue weighted by molar-refractivity contribution is -0.182. The number of rotatable bonds is 8. The van der Waals surface area contributed by atoms with E-state index in [-0.39, 0.29) is 64.4 Å². The predicted molar refractivity (Wildman–Crippen MR) is 135 cm³/mol. The number of methoxy groups -OCH3 is 2. The zero-order chi connectivity index (χ0) is 28.5. The Morgan fingerprint density at radius 2 is 1.85 bits per heavy atom. The maximum atomic E-state index is 15.5. The van der Waals surface area contributed by atoms with Crippen molar-refractivity contribution in [1.82, 2.24) is 4.98 Å². The van der Waals surface area contributed by atoms with Crippen LogP contribution in [0.15, 0.2) is 34.7 Å². The lowest BCUT2D eigenvalue weighted by Gasteiger charge is -2.31. The van der Waals surface area contributed by atoms with Gasteiger partial charge in [-0.05, 0) is 43.7 Å². The molecule has 1 atom stereocenters. The van der Waals surface area contributed by atoms with Crippen LogP contribution >= 0.6 is 11.3 Å². The van der Waals surface area contributed by atoms with Crippen LogP contribution in [0.5, 0.6) is 11.5 Å². The fourth-order valence-corrected chi connectivity index (χ4v) is 6.47. The van der Waals surface area contributed by atoms with Gasteiger partial charge in [-0.2, -0.15) is 22.9 Å². The van der Waals surface area contributed by atoms with Crippen molar-refractivity contribution >= 4 is 34.4 Å². The second-order valence-corrected chi connectivity index (χ2v) is 10.9. The fourth-order valence-electron chi connectivity index (χ4n) is 4.58. The lowest BCUT2D eigenvalue weighted by atomic mass is 9.78. The van der Waals surface area contributed by atoms with Crippen molar-refractivity contribution in [2.24, 2.45) is 5.92 Å². The zero-order valence-corrected chi connectivity index (χ0v) is 22.2. The third kappa shape index (κ3) is 6.07. The summed E-state index contributed by atoms with van der Waals surface area (Å²) in [6.45, 7) is 0. The number of hydrogen-bond acceptors (Lipinski definition) is 7. The number of nitrogens with zero attached hydrogens (tertiary/aromatic N) is 1. The molecule has 39 heavy (non-hydrogen) atoms. The normalized spacial score (nSPS) is 18.5. The van der Waals surface area contributed by atoms with Crippen molar-refractivity contribution < 1.29 is 45.9 Å². The molecule has 1 saturated carbocycles. The van der Waals surface area contributed by atoms with Gasteiger partial charge in [0.2, 0.25) is 0 Å². The summed E-state index contributed by atoms with van der Waals surface area (Å²) in [5.41, 5.74) is -0.159. The summed E-state index contributed by atoms with van der Waals surface area (Å²) >= 11 is -1.06. The van der Waals surface area contributed by atoms with Crippen molar-refractivity contribution in [2.45, 2.75) is 42.8 Å². The molecular formula is C25H23F5N2O5S2. The zero-order valence-electron chi connectivity index (χ0n) is 20.6. The van der Waals surface area contributed by atoms with Crippen LogP contribution in [-0.2, 0) is 11.4 Å². The Morgan fingerprint density at radius 1 is 1.15 bits per heavy atom. The van der Waals surface area contributed by atoms with Crippen LogP contribution in [0.2, 0.25) is 0 Å². The number of hydrogen-bond donors (Lipinski definition) is 2. The maximum Gasteiger partial charge on any atom is 0.391 e. The number of aromatic nitrogens is 1. The highest BCUT2D eigenvalue weighted by atomic mass is 32.2. The van der Waals surface area contributed by atoms with Gasteiger partial charge in [-0.15, -0.1) is 11.3 Å². The number of ether oxygens (including phenoxy) is 2. The van der Waals surface area contributed by atoms with Gasteiger partial charge in [-0.25, -0.2) is 13.6 Å². The number of thiazole rings is 1. The Bertz CT molecular complexity index is 1360. The minimum absolute atomic E-state index is 0.00677. The second kappa shape index (κ2) is 11.6. The van der Waals surface area contributed by atoms with Gasteiger partial charge in [0, 0.05) is 11.6 Å². The SMILES string of the molecule is COc1cc(C(=O)O)c(F)cc1N[S+]([O-])c1csc(-c2ccc([C@H]3CC[C@@H](C(F)(F)F)CC3)c(OC)c2F)n1. The molecule has 0 aliphatic heterocycles. The molecule has 210 valence electrons. The Labute approximate surface area is 227 Å². The maximum absolute atomic E-state index is 15.5. The van der Waals surface area contributed by atoms with E-state index in [2.05, 4.69) is 9.71 Å². The highest BCUT2D eigenvalue weighted by molar-refractivity contribution is 7.92. The summed E-state index contributed by atoms with van der Waals surface area (Å²) in [5.74, 6) is -5.08. The number of halogens is 5. The number of nitrogens with one attached hydrogen (secondary N) is 1. The molecule has 2 N–H and O–H groups in total. The summed E-state index contributed by atoms with van der Waals surface area (Å²) < 4.78 is 94.5. The van der Waals surface area contributed by atoms with E-state index in [0.29, 0.717) is 5.56 Å². The number of aromatic carboxylic acids is 1. The second-order valence-electron chi connectivity index (χ2n) is 8.84. The molecule has 0 spiro atoms. The van der Waals surface area contributed by atoms with E-state index >= 15 is 4.39 Å². The van der Waals surface area contributed by atoms with E-state index in [4.69, 9.17) is 14.6 Å². The molecule has 14 heteroatoms. The Hall–Kier alpha value is -3.10. The first kappa shape index (κ1) is 28.9. The standard InChI is InChI=1S/C25H23F5N2O5S2/c1-36-19-9-16(24(33)34)17(26)10-18(19)32-39(35)20-11-38-23(31-20)15-8-7-14(22(37-2)21(15)27)12-3-5-13(6-4-12)25(28,29)30/h7-13,32H,3-6H2,1-2H3,(H,33,34)/t12-,13+,39?. The van der Waals surface area contributed by atoms with Crippen LogP contribution in [0.4, 0.5) is 27.6 Å². The van der Waals surface area contributed by atoms with Crippen molar-refractivity contribution in [3.8, 4) is 22.1 Å². The van der Waals surface area contributed by atoms with Crippen LogP contribution in [0.1, 0.15) is 47.5 Å². The molecule has 0 amide bonds. The van der Waals surface area contributed by atoms with Gasteiger partial charge >= 0.3 is 12.1 Å². The molecule has 1 aromatic heterocycles. The van der Waals surface area contributed by atoms with E-state index in [1.54, 1.807) is 6.07 Å². The molecule has 0 bridgehead atoms. The molecule has 4 rings (SSSR count). The van der Waals surface area contributed by atoms with Gasteiger partial charge in [0.25, 0.3) is 5.03 Å². The van der Waals surface area contributed by atoms with Gasteiger partial charge in [0.05, 0.1) is 36.6 Å². The third-order valence-electron chi connectivity index (χ3n) is 6.59. The fraction of sp³-hybridized carbons (Fsp3) is 0.360. The number of carbonyl (C=O) groups is 1. The smallest absolute Gasteiger partial charge is 0.391 e. The monoisotopic (exact) mass is 590 g/mol. The largest absolute Gasteiger partial charge is 0.587 e. The van der Waals surface area contributed by atoms with E-state index in [1.165, 1.54) is 25.7 Å². The molecule has 1 fully saturated rings. The molecule has 1 heterocycles. The van der Waals surface area contributed by atoms with Crippen molar-refractivity contribution in [3.05, 3.63) is 52.4 Å². The van der Waals surface area contributed by atoms with Gasteiger partial charge in [0.15, 0.2) is 11.6 Å². The summed E-state index contributed by atoms with van der Waals surface area (Å²) in [7, 11) is 2.51. The number of carboxylic acids is 1. The van der Waals surface area contributed by atoms with Crippen LogP contribution < -0.4 is 14.2 Å². The van der Waals surface area contributed by atoms with Gasteiger partial charge in [-0.1, -0.05) is 6.07 Å². The van der Waals surface area contributed by atoms with Crippen LogP contribution in [0, 0.1) is 17.6 Å². The molecule has 1 aliphatic carbocycles. The minimum atomic E-state index is -4.25. The van der Waals surface area contributed by atoms with Crippen molar-refractivity contribution in [1.29, 1.82) is 0 Å². The molecule has 0 saturated heterocycles. The average molecular weight is 591 g/mol. The summed E-state index contributed by atoms with van der Waals surface area (Å²) in [6.07, 6.45) is -3.82. The first-order chi connectivity index (χ1) is 18.4. The predicted octanol–water partition coefficient (Wildman–Crippen LogP) is 6.77. The molecule has 0 radical (unpaired) electrons. The van der Waals surface area contributed by atoms with Crippen LogP contribution in [0.25, 0.3) is 10.6 Å². The molecule has 1 aliphatic rings. The summed E-state index contributed by atoms with van der Waals surface area (Å²) in [5, 5.41) is 10.6. The molecule has 1 unspecified atom stereocenters. The Balaban J connectivity index is 1.55. The first-order valence-corrected chi connectivity index (χ1v) is 13.7. The van der Waals surface area contributed by atoms with E-state index < -0.39 is 46.6 Å². The van der Waals surface area contributed by atoms with E-state index in [1.807, 2.05) is 0 Å². The quantitative estimate of drug-likeness (QED) is 0.220. The van der Waals surface area contributed by atoms with Crippen molar-refractivity contribution in [3.63, 3.8) is 0 Å². The number of anilines is 1. The molecule has 3 aromatic rings. The molecular weight excluding hydrogens is 567 g/mol. The molecule has 2 aromatic carbocycles. The highest BCUT2D eigenvalue weighted by Crippen LogP contribution is 2.46. The topological polar surface area (TPSA) is 104 Å². The number of alkyl halides is 3. The third-order valence-corrected chi connectivity index (χ3v) is 8.61. The Kier molecular flexibility index (Phi) is 8.57. The lowest BCUT2D eigenvalue weighted by Crippen LogP contribution is -2.27. The average Bonchev–Trinajstić information content (AvgIpc) is 3.38. The van der Waals surface area contributed by atoms with Gasteiger partial charge < -0.3 is 19.1 Å². The van der Waals surface area contributed by atoms with E-state index in [0.717, 1.165) is 23.5 Å². The first-order valence-electron chi connectivity index (χ1n) is 11.6. The summed E-state index contributed by atoms with van der Waals surface area (Å²) in [4.78, 5) is 15.4. The van der Waals surface area contributed by atoms with Crippen LogP contribution in [-0.4, -0.2) is 41.0 Å². The molecule has 7 nitrogen and oxygen atoms in total. The summed E-state index contributed by atoms with van der Waals surface area (Å²) in [6, 6.07) is 4.86. The number of carboxylic acid groups (broad SMARTS) is 1. The number of benzene rings is 2. The minimum Gasteiger partial charge on any atom is -0.587 e. The van der Waals surface area contributed by atoms with Crippen LogP contribution in [0.3, 0.4) is 0 Å². The highest BCUT2D eigenvalue weighted by Gasteiger charge is 2.42. The van der Waals surface area contributed by atoms with Crippen molar-refractivity contribution in [2.75, 3.05) is 18.9 Å². The Morgan fingerprint density at radius 3 is 2.44 bits per heavy atom. The van der Waals surface area contributed by atoms with E-state index in [9.17, 15) is 26.9 Å². The van der Waals surface area contributed by atoms with Gasteiger partial charge in [0.1, 0.15) is 33.6 Å².